The van der Waals surface area contributed by atoms with Crippen molar-refractivity contribution in [1.29, 1.82) is 0 Å². The van der Waals surface area contributed by atoms with Crippen LogP contribution in [0.2, 0.25) is 10.0 Å². The van der Waals surface area contributed by atoms with E-state index in [-0.39, 0.29) is 21.2 Å². The molecule has 26 heavy (non-hydrogen) atoms. The summed E-state index contributed by atoms with van der Waals surface area (Å²) in [5, 5.41) is 3.00. The fourth-order valence-electron chi connectivity index (χ4n) is 2.71. The van der Waals surface area contributed by atoms with Crippen molar-refractivity contribution in [3.63, 3.8) is 0 Å². The maximum atomic E-state index is 12.6. The third kappa shape index (κ3) is 3.02. The number of nitrogens with zero attached hydrogens (tertiary/aromatic N) is 1. The largest absolute Gasteiger partial charge is 0.495 e. The number of benzene rings is 2. The van der Waals surface area contributed by atoms with Gasteiger partial charge in [0.25, 0.3) is 11.8 Å². The molecule has 8 heteroatoms. The number of ether oxygens (including phenoxy) is 1. The van der Waals surface area contributed by atoms with Gasteiger partial charge >= 0.3 is 0 Å². The molecule has 1 aliphatic rings. The summed E-state index contributed by atoms with van der Waals surface area (Å²) in [5.74, 6) is -1.24. The number of nitrogens with one attached hydrogen (secondary N) is 1. The monoisotopic (exact) mass is 392 g/mol. The first-order valence-electron chi connectivity index (χ1n) is 7.66. The Morgan fingerprint density at radius 2 is 1.62 bits per heavy atom. The van der Waals surface area contributed by atoms with Gasteiger partial charge in [0.15, 0.2) is 0 Å². The predicted molar refractivity (Wildman–Crippen MR) is 98.0 cm³/mol. The van der Waals surface area contributed by atoms with Gasteiger partial charge in [0.1, 0.15) is 11.8 Å². The van der Waals surface area contributed by atoms with Gasteiger partial charge < -0.3 is 10.1 Å². The van der Waals surface area contributed by atoms with Gasteiger partial charge in [-0.05, 0) is 31.2 Å². The average Bonchev–Trinajstić information content (AvgIpc) is 2.85. The SMILES string of the molecule is COc1ccccc1NC(=O)C(C)N1C(=O)c2cc(Cl)c(Cl)cc2C1=O. The first-order chi connectivity index (χ1) is 12.3. The van der Waals surface area contributed by atoms with Gasteiger partial charge in [0.2, 0.25) is 5.91 Å². The molecule has 0 bridgehead atoms. The van der Waals surface area contributed by atoms with Gasteiger partial charge in [-0.1, -0.05) is 35.3 Å². The molecule has 0 aliphatic carbocycles. The molecule has 134 valence electrons. The van der Waals surface area contributed by atoms with Crippen molar-refractivity contribution in [3.05, 3.63) is 57.6 Å². The van der Waals surface area contributed by atoms with Gasteiger partial charge in [-0.25, -0.2) is 0 Å². The Balaban J connectivity index is 1.86. The van der Waals surface area contributed by atoms with E-state index in [0.29, 0.717) is 11.4 Å². The first kappa shape index (κ1) is 18.2. The molecular formula is C18H14Cl2N2O4. The van der Waals surface area contributed by atoms with Crippen LogP contribution in [0.5, 0.6) is 5.75 Å². The molecule has 3 amide bonds. The minimum absolute atomic E-state index is 0.126. The van der Waals surface area contributed by atoms with E-state index in [1.54, 1.807) is 24.3 Å². The molecule has 6 nitrogen and oxygen atoms in total. The van der Waals surface area contributed by atoms with Gasteiger partial charge in [-0.15, -0.1) is 0 Å². The summed E-state index contributed by atoms with van der Waals surface area (Å²) in [6, 6.07) is 8.47. The van der Waals surface area contributed by atoms with E-state index in [2.05, 4.69) is 5.32 Å². The molecule has 0 saturated carbocycles. The Bertz CT molecular complexity index is 888. The second kappa shape index (κ2) is 6.97. The van der Waals surface area contributed by atoms with Crippen LogP contribution in [-0.4, -0.2) is 35.8 Å². The van der Waals surface area contributed by atoms with E-state index in [4.69, 9.17) is 27.9 Å². The normalized spacial score (nSPS) is 14.2. The summed E-state index contributed by atoms with van der Waals surface area (Å²) in [6.45, 7) is 1.47. The maximum absolute atomic E-state index is 12.6. The minimum atomic E-state index is -1.04. The second-order valence-corrected chi connectivity index (χ2v) is 6.47. The van der Waals surface area contributed by atoms with Crippen molar-refractivity contribution >= 4 is 46.6 Å². The fourth-order valence-corrected chi connectivity index (χ4v) is 3.03. The van der Waals surface area contributed by atoms with Crippen LogP contribution in [-0.2, 0) is 4.79 Å². The maximum Gasteiger partial charge on any atom is 0.262 e. The van der Waals surface area contributed by atoms with E-state index < -0.39 is 23.8 Å². The summed E-state index contributed by atoms with van der Waals surface area (Å²) in [6.07, 6.45) is 0. The molecule has 0 aromatic heterocycles. The van der Waals surface area contributed by atoms with Crippen LogP contribution in [0.15, 0.2) is 36.4 Å². The van der Waals surface area contributed by atoms with Crippen LogP contribution in [0.25, 0.3) is 0 Å². The van der Waals surface area contributed by atoms with Crippen molar-refractivity contribution in [1.82, 2.24) is 4.90 Å². The lowest BCUT2D eigenvalue weighted by molar-refractivity contribution is -0.119. The molecule has 1 N–H and O–H groups in total. The van der Waals surface area contributed by atoms with Crippen LogP contribution in [0, 0.1) is 0 Å². The number of carbonyl (C=O) groups is 3. The number of amides is 3. The van der Waals surface area contributed by atoms with Crippen molar-refractivity contribution < 1.29 is 19.1 Å². The Hall–Kier alpha value is -2.57. The van der Waals surface area contributed by atoms with Crippen molar-refractivity contribution in [2.24, 2.45) is 0 Å². The van der Waals surface area contributed by atoms with Crippen molar-refractivity contribution in [3.8, 4) is 5.75 Å². The molecular weight excluding hydrogens is 379 g/mol. The highest BCUT2D eigenvalue weighted by Gasteiger charge is 2.41. The van der Waals surface area contributed by atoms with E-state index in [0.717, 1.165) is 4.90 Å². The Morgan fingerprint density at radius 1 is 1.08 bits per heavy atom. The summed E-state index contributed by atoms with van der Waals surface area (Å²) in [4.78, 5) is 38.7. The molecule has 0 radical (unpaired) electrons. The highest BCUT2D eigenvalue weighted by atomic mass is 35.5. The number of fused-ring (bicyclic) bond motifs is 1. The van der Waals surface area contributed by atoms with Crippen LogP contribution in [0.3, 0.4) is 0 Å². The summed E-state index contributed by atoms with van der Waals surface area (Å²) in [5.41, 5.74) is 0.692. The highest BCUT2D eigenvalue weighted by molar-refractivity contribution is 6.43. The van der Waals surface area contributed by atoms with Gasteiger partial charge in [0, 0.05) is 0 Å². The van der Waals surface area contributed by atoms with Crippen LogP contribution >= 0.6 is 23.2 Å². The standard InChI is InChI=1S/C18H14Cl2N2O4/c1-9(16(23)21-14-5-3-4-6-15(14)26-2)22-17(24)10-7-12(19)13(20)8-11(10)18(22)25/h3-9H,1-2H3,(H,21,23). The van der Waals surface area contributed by atoms with Gasteiger partial charge in [-0.2, -0.15) is 0 Å². The van der Waals surface area contributed by atoms with E-state index in [1.165, 1.54) is 26.2 Å². The van der Waals surface area contributed by atoms with E-state index in [9.17, 15) is 14.4 Å². The Kier molecular flexibility index (Phi) is 4.89. The van der Waals surface area contributed by atoms with Crippen molar-refractivity contribution in [2.75, 3.05) is 12.4 Å². The number of para-hydroxylation sites is 2. The average molecular weight is 393 g/mol. The number of carbonyl (C=O) groups excluding carboxylic acids is 3. The number of methoxy groups -OCH3 is 1. The molecule has 2 aromatic rings. The zero-order valence-corrected chi connectivity index (χ0v) is 15.4. The van der Waals surface area contributed by atoms with E-state index >= 15 is 0 Å². The lowest BCUT2D eigenvalue weighted by Crippen LogP contribution is -2.45. The zero-order chi connectivity index (χ0) is 19.0. The van der Waals surface area contributed by atoms with E-state index in [1.807, 2.05) is 0 Å². The number of hydrogen-bond acceptors (Lipinski definition) is 4. The topological polar surface area (TPSA) is 75.7 Å². The molecule has 0 fully saturated rings. The second-order valence-electron chi connectivity index (χ2n) is 5.66. The lowest BCUT2D eigenvalue weighted by atomic mass is 10.1. The van der Waals surface area contributed by atoms with Gasteiger partial charge in [-0.3, -0.25) is 19.3 Å². The number of halogens is 2. The molecule has 1 aliphatic heterocycles. The molecule has 3 rings (SSSR count). The smallest absolute Gasteiger partial charge is 0.262 e. The molecule has 1 unspecified atom stereocenters. The van der Waals surface area contributed by atoms with Crippen LogP contribution in [0.1, 0.15) is 27.6 Å². The third-order valence-electron chi connectivity index (χ3n) is 4.09. The molecule has 1 heterocycles. The van der Waals surface area contributed by atoms with Crippen LogP contribution in [0.4, 0.5) is 5.69 Å². The molecule has 1 atom stereocenters. The van der Waals surface area contributed by atoms with Crippen molar-refractivity contribution in [2.45, 2.75) is 13.0 Å². The minimum Gasteiger partial charge on any atom is -0.495 e. The summed E-state index contributed by atoms with van der Waals surface area (Å²) >= 11 is 11.9. The van der Waals surface area contributed by atoms with Gasteiger partial charge in [0.05, 0.1) is 34.0 Å². The number of anilines is 1. The number of rotatable bonds is 4. The lowest BCUT2D eigenvalue weighted by Gasteiger charge is -2.22. The summed E-state index contributed by atoms with van der Waals surface area (Å²) in [7, 11) is 1.48. The fraction of sp³-hybridized carbons (Fsp3) is 0.167. The quantitative estimate of drug-likeness (QED) is 0.806. The molecule has 0 spiro atoms. The Morgan fingerprint density at radius 3 is 2.15 bits per heavy atom. The third-order valence-corrected chi connectivity index (χ3v) is 4.81. The molecule has 0 saturated heterocycles. The highest BCUT2D eigenvalue weighted by Crippen LogP contribution is 2.32. The number of hydrogen-bond donors (Lipinski definition) is 1. The molecule has 2 aromatic carbocycles. The predicted octanol–water partition coefficient (Wildman–Crippen LogP) is 3.63. The number of imide groups is 1. The zero-order valence-electron chi connectivity index (χ0n) is 13.9. The summed E-state index contributed by atoms with van der Waals surface area (Å²) < 4.78 is 5.18. The first-order valence-corrected chi connectivity index (χ1v) is 8.41. The Labute approximate surface area is 159 Å². The van der Waals surface area contributed by atoms with Crippen LogP contribution < -0.4 is 10.1 Å².